The van der Waals surface area contributed by atoms with Crippen LogP contribution < -0.4 is 16.0 Å². The van der Waals surface area contributed by atoms with Crippen LogP contribution in [0.2, 0.25) is 0 Å². The molecule has 1 aliphatic heterocycles. The zero-order chi connectivity index (χ0) is 25.2. The van der Waals surface area contributed by atoms with Crippen LogP contribution >= 0.6 is 0 Å². The van der Waals surface area contributed by atoms with Gasteiger partial charge >= 0.3 is 6.03 Å². The van der Waals surface area contributed by atoms with Crippen LogP contribution in [0, 0.1) is 17.5 Å². The Morgan fingerprint density at radius 3 is 2.58 bits per heavy atom. The Morgan fingerprint density at radius 1 is 1.08 bits per heavy atom. The third-order valence-electron chi connectivity index (χ3n) is 5.92. The third-order valence-corrected chi connectivity index (χ3v) is 5.92. The van der Waals surface area contributed by atoms with E-state index in [1.54, 1.807) is 11.9 Å². The maximum Gasteiger partial charge on any atom is 0.321 e. The smallest absolute Gasteiger partial charge is 0.321 e. The Kier molecular flexibility index (Phi) is 6.32. The number of aromatic nitrogens is 4. The number of piperidine rings is 1. The van der Waals surface area contributed by atoms with E-state index in [0.29, 0.717) is 42.3 Å². The minimum absolute atomic E-state index is 0.0639. The molecule has 3 heterocycles. The third kappa shape index (κ3) is 4.88. The first-order valence-corrected chi connectivity index (χ1v) is 11.4. The number of imidazole rings is 1. The molecule has 3 N–H and O–H groups in total. The molecule has 1 fully saturated rings. The molecule has 0 saturated carbocycles. The molecule has 0 bridgehead atoms. The predicted octanol–water partition coefficient (Wildman–Crippen LogP) is 4.63. The molecule has 5 rings (SSSR count). The molecule has 0 aliphatic carbocycles. The topological polar surface area (TPSA) is 100 Å². The van der Waals surface area contributed by atoms with Crippen molar-refractivity contribution >= 4 is 40.5 Å². The van der Waals surface area contributed by atoms with Crippen molar-refractivity contribution in [3.63, 3.8) is 0 Å². The van der Waals surface area contributed by atoms with Crippen molar-refractivity contribution in [1.29, 1.82) is 0 Å². The second-order valence-corrected chi connectivity index (χ2v) is 8.49. The minimum Gasteiger partial charge on any atom is -0.350 e. The fourth-order valence-electron chi connectivity index (χ4n) is 4.12. The highest BCUT2D eigenvalue weighted by Gasteiger charge is 2.25. The Labute approximate surface area is 204 Å². The lowest BCUT2D eigenvalue weighted by molar-refractivity contribution is 0.196. The highest BCUT2D eigenvalue weighted by atomic mass is 19.1. The van der Waals surface area contributed by atoms with Crippen molar-refractivity contribution in [2.75, 3.05) is 29.0 Å². The quantitative estimate of drug-likeness (QED) is 0.373. The average Bonchev–Trinajstić information content (AvgIpc) is 3.17. The van der Waals surface area contributed by atoms with Gasteiger partial charge in [-0.3, -0.25) is 4.57 Å². The highest BCUT2D eigenvalue weighted by Crippen LogP contribution is 2.26. The maximum absolute atomic E-state index is 14.1. The fourth-order valence-corrected chi connectivity index (χ4v) is 4.12. The van der Waals surface area contributed by atoms with Crippen LogP contribution in [-0.4, -0.2) is 49.6 Å². The normalized spacial score (nSPS) is 15.7. The molecular weight excluding hydrogens is 473 g/mol. The molecule has 4 aromatic rings. The Balaban J connectivity index is 1.29. The fraction of sp³-hybridized carbons (Fsp3) is 0.250. The number of nitrogens with zero attached hydrogens (tertiary/aromatic N) is 5. The number of carbonyl (C=O) groups excluding carboxylic acids is 1. The summed E-state index contributed by atoms with van der Waals surface area (Å²) in [5, 5.41) is 8.72. The van der Waals surface area contributed by atoms with Crippen LogP contribution in [0.25, 0.3) is 11.2 Å². The number of hydrogen-bond acceptors (Lipinski definition) is 6. The van der Waals surface area contributed by atoms with E-state index in [2.05, 4.69) is 30.9 Å². The maximum atomic E-state index is 14.1. The number of halogens is 3. The molecule has 9 nitrogen and oxygen atoms in total. The number of aryl methyl sites for hydroxylation is 1. The van der Waals surface area contributed by atoms with Gasteiger partial charge < -0.3 is 20.9 Å². The van der Waals surface area contributed by atoms with Gasteiger partial charge in [0.2, 0.25) is 11.9 Å². The number of likely N-dealkylation sites (tertiary alicyclic amines) is 1. The van der Waals surface area contributed by atoms with E-state index in [9.17, 15) is 18.0 Å². The van der Waals surface area contributed by atoms with Crippen LogP contribution in [0.1, 0.15) is 12.8 Å². The number of nitrogens with one attached hydrogen (secondary N) is 3. The van der Waals surface area contributed by atoms with E-state index in [1.165, 1.54) is 10.8 Å². The molecule has 2 amide bonds. The van der Waals surface area contributed by atoms with Crippen LogP contribution in [-0.2, 0) is 7.05 Å². The lowest BCUT2D eigenvalue weighted by Gasteiger charge is -2.33. The van der Waals surface area contributed by atoms with E-state index in [1.807, 2.05) is 30.3 Å². The van der Waals surface area contributed by atoms with Gasteiger partial charge in [-0.1, -0.05) is 18.2 Å². The van der Waals surface area contributed by atoms with Gasteiger partial charge in [0.15, 0.2) is 17.3 Å². The highest BCUT2D eigenvalue weighted by molar-refractivity contribution is 5.89. The summed E-state index contributed by atoms with van der Waals surface area (Å²) < 4.78 is 42.9. The number of amides is 2. The zero-order valence-corrected chi connectivity index (χ0v) is 19.3. The Morgan fingerprint density at radius 2 is 1.83 bits per heavy atom. The van der Waals surface area contributed by atoms with Crippen molar-refractivity contribution in [3.05, 3.63) is 66.1 Å². The Hall–Kier alpha value is -4.35. The number of carbonyl (C=O) groups is 1. The summed E-state index contributed by atoms with van der Waals surface area (Å²) in [4.78, 5) is 27.5. The molecule has 0 radical (unpaired) electrons. The second kappa shape index (κ2) is 9.72. The number of benzene rings is 2. The van der Waals surface area contributed by atoms with Gasteiger partial charge in [-0.15, -0.1) is 0 Å². The summed E-state index contributed by atoms with van der Waals surface area (Å²) in [5.41, 5.74) is 1.04. The standard InChI is InChI=1S/C24H23F3N8O/c1-34-21-19(31-23(34)32-20-17(26)10-14(25)11-18(20)27)12-28-22(33-21)29-16-8-5-9-35(13-16)24(36)30-15-6-3-2-4-7-15/h2-4,6-7,10-12,16H,5,8-9,13H2,1H3,(H,30,36)(H,31,32)(H,28,29,33)/t16-/m1/s1. The molecule has 36 heavy (non-hydrogen) atoms. The summed E-state index contributed by atoms with van der Waals surface area (Å²) in [6.07, 6.45) is 3.14. The number of hydrogen-bond donors (Lipinski definition) is 3. The first-order valence-electron chi connectivity index (χ1n) is 11.4. The molecule has 12 heteroatoms. The lowest BCUT2D eigenvalue weighted by Crippen LogP contribution is -2.47. The van der Waals surface area contributed by atoms with E-state index < -0.39 is 23.1 Å². The lowest BCUT2D eigenvalue weighted by atomic mass is 10.1. The molecule has 0 spiro atoms. The first-order chi connectivity index (χ1) is 17.4. The van der Waals surface area contributed by atoms with Crippen molar-refractivity contribution in [2.24, 2.45) is 7.05 Å². The Bertz CT molecular complexity index is 1390. The van der Waals surface area contributed by atoms with Crippen molar-refractivity contribution in [3.8, 4) is 0 Å². The number of rotatable bonds is 5. The van der Waals surface area contributed by atoms with Gasteiger partial charge in [0.25, 0.3) is 0 Å². The molecule has 0 unspecified atom stereocenters. The summed E-state index contributed by atoms with van der Waals surface area (Å²) in [6, 6.07) is 10.2. The molecule has 1 saturated heterocycles. The summed E-state index contributed by atoms with van der Waals surface area (Å²) in [6.45, 7) is 1.12. The number of fused-ring (bicyclic) bond motifs is 1. The van der Waals surface area contributed by atoms with Gasteiger partial charge in [-0.2, -0.15) is 4.98 Å². The largest absolute Gasteiger partial charge is 0.350 e. The van der Waals surface area contributed by atoms with Crippen LogP contribution in [0.4, 0.5) is 41.2 Å². The first kappa shape index (κ1) is 23.4. The van der Waals surface area contributed by atoms with Crippen molar-refractivity contribution in [2.45, 2.75) is 18.9 Å². The molecule has 186 valence electrons. The van der Waals surface area contributed by atoms with Gasteiger partial charge in [0.05, 0.1) is 6.20 Å². The molecule has 2 aromatic heterocycles. The van der Waals surface area contributed by atoms with E-state index in [0.717, 1.165) is 18.5 Å². The molecule has 1 atom stereocenters. The van der Waals surface area contributed by atoms with Gasteiger partial charge in [0, 0.05) is 44.0 Å². The number of anilines is 4. The SMILES string of the molecule is Cn1c(Nc2c(F)cc(F)cc2F)nc2cnc(N[C@@H]3CCCN(C(=O)Nc4ccccc4)C3)nc21. The number of urea groups is 1. The predicted molar refractivity (Wildman–Crippen MR) is 130 cm³/mol. The molecular formula is C24H23F3N8O. The summed E-state index contributed by atoms with van der Waals surface area (Å²) in [7, 11) is 1.63. The summed E-state index contributed by atoms with van der Waals surface area (Å²) in [5.74, 6) is -2.72. The van der Waals surface area contributed by atoms with Gasteiger partial charge in [-0.25, -0.2) is 27.9 Å². The second-order valence-electron chi connectivity index (χ2n) is 8.49. The number of para-hydroxylation sites is 1. The van der Waals surface area contributed by atoms with Crippen molar-refractivity contribution < 1.29 is 18.0 Å². The minimum atomic E-state index is -1.08. The zero-order valence-electron chi connectivity index (χ0n) is 19.3. The van der Waals surface area contributed by atoms with E-state index >= 15 is 0 Å². The van der Waals surface area contributed by atoms with Crippen molar-refractivity contribution in [1.82, 2.24) is 24.4 Å². The molecule has 2 aromatic carbocycles. The van der Waals surface area contributed by atoms with E-state index in [-0.39, 0.29) is 18.0 Å². The monoisotopic (exact) mass is 496 g/mol. The van der Waals surface area contributed by atoms with E-state index in [4.69, 9.17) is 0 Å². The average molecular weight is 496 g/mol. The molecule has 1 aliphatic rings. The van der Waals surface area contributed by atoms with Gasteiger partial charge in [-0.05, 0) is 25.0 Å². The van der Waals surface area contributed by atoms with Gasteiger partial charge in [0.1, 0.15) is 17.0 Å². The van der Waals surface area contributed by atoms with Crippen LogP contribution in [0.5, 0.6) is 0 Å². The van der Waals surface area contributed by atoms with Crippen LogP contribution in [0.15, 0.2) is 48.7 Å². The van der Waals surface area contributed by atoms with Crippen LogP contribution in [0.3, 0.4) is 0 Å². The summed E-state index contributed by atoms with van der Waals surface area (Å²) >= 11 is 0.